The molecular weight excluding hydrogens is 368 g/mol. The molecule has 0 aliphatic rings. The van der Waals surface area contributed by atoms with E-state index in [1.807, 2.05) is 48.5 Å². The summed E-state index contributed by atoms with van der Waals surface area (Å²) in [5, 5.41) is 0. The largest absolute Gasteiger partial charge is 0.493 e. The summed E-state index contributed by atoms with van der Waals surface area (Å²) in [5.41, 5.74) is 2.24. The summed E-state index contributed by atoms with van der Waals surface area (Å²) in [6.45, 7) is 0. The molecule has 0 radical (unpaired) electrons. The first-order chi connectivity index (χ1) is 14.1. The Morgan fingerprint density at radius 2 is 1.17 bits per heavy atom. The minimum Gasteiger partial charge on any atom is -0.493 e. The van der Waals surface area contributed by atoms with Crippen molar-refractivity contribution in [2.24, 2.45) is 0 Å². The van der Waals surface area contributed by atoms with Gasteiger partial charge in [-0.15, -0.1) is 0 Å². The molecule has 0 aliphatic heterocycles. The van der Waals surface area contributed by atoms with E-state index in [4.69, 9.17) is 18.9 Å². The minimum absolute atomic E-state index is 0.0515. The second-order valence-electron chi connectivity index (χ2n) is 6.39. The van der Waals surface area contributed by atoms with Crippen LogP contribution in [0.15, 0.2) is 66.7 Å². The fraction of sp³-hybridized carbons (Fsp3) is 0.208. The molecule has 0 bridgehead atoms. The van der Waals surface area contributed by atoms with Gasteiger partial charge in [-0.05, 0) is 41.5 Å². The van der Waals surface area contributed by atoms with E-state index in [-0.39, 0.29) is 5.78 Å². The van der Waals surface area contributed by atoms with E-state index in [2.05, 4.69) is 0 Å². The summed E-state index contributed by atoms with van der Waals surface area (Å²) in [6, 6.07) is 20.4. The van der Waals surface area contributed by atoms with Crippen molar-refractivity contribution >= 4 is 5.78 Å². The van der Waals surface area contributed by atoms with Crippen LogP contribution in [-0.4, -0.2) is 34.2 Å². The number of Topliss-reactive ketones (excluding diaryl/α,β-unsaturated/α-hetero) is 1. The Morgan fingerprint density at radius 3 is 1.76 bits per heavy atom. The maximum atomic E-state index is 13.6. The molecule has 0 saturated heterocycles. The van der Waals surface area contributed by atoms with Crippen molar-refractivity contribution in [2.45, 2.75) is 5.92 Å². The molecule has 1 atom stereocenters. The molecule has 29 heavy (non-hydrogen) atoms. The maximum Gasteiger partial charge on any atom is 0.174 e. The average molecular weight is 392 g/mol. The van der Waals surface area contributed by atoms with E-state index in [1.165, 1.54) is 0 Å². The topological polar surface area (TPSA) is 54.0 Å². The van der Waals surface area contributed by atoms with Gasteiger partial charge in [-0.3, -0.25) is 4.79 Å². The quantitative estimate of drug-likeness (QED) is 0.519. The average Bonchev–Trinajstić information content (AvgIpc) is 2.79. The van der Waals surface area contributed by atoms with Crippen LogP contribution in [0.25, 0.3) is 0 Å². The van der Waals surface area contributed by atoms with Gasteiger partial charge in [0.25, 0.3) is 0 Å². The number of rotatable bonds is 8. The Kier molecular flexibility index (Phi) is 6.39. The molecule has 0 aromatic heterocycles. The Bertz CT molecular complexity index is 982. The molecule has 0 saturated carbocycles. The molecule has 3 rings (SSSR count). The molecule has 0 N–H and O–H groups in total. The predicted molar refractivity (Wildman–Crippen MR) is 112 cm³/mol. The number of carbonyl (C=O) groups is 1. The van der Waals surface area contributed by atoms with Crippen molar-refractivity contribution in [3.8, 4) is 23.0 Å². The van der Waals surface area contributed by atoms with Crippen LogP contribution >= 0.6 is 0 Å². The second kappa shape index (κ2) is 9.15. The fourth-order valence-corrected chi connectivity index (χ4v) is 3.33. The normalized spacial score (nSPS) is 11.4. The van der Waals surface area contributed by atoms with Crippen LogP contribution in [0.1, 0.15) is 27.4 Å². The molecular formula is C24H24O5. The van der Waals surface area contributed by atoms with Crippen molar-refractivity contribution in [1.29, 1.82) is 0 Å². The Morgan fingerprint density at radius 1 is 0.621 bits per heavy atom. The number of hydrogen-bond donors (Lipinski definition) is 0. The van der Waals surface area contributed by atoms with Crippen molar-refractivity contribution in [3.63, 3.8) is 0 Å². The van der Waals surface area contributed by atoms with Crippen LogP contribution in [-0.2, 0) is 0 Å². The lowest BCUT2D eigenvalue weighted by molar-refractivity contribution is 0.0973. The van der Waals surface area contributed by atoms with Crippen molar-refractivity contribution in [3.05, 3.63) is 83.4 Å². The SMILES string of the molecule is COc1ccc(C(=O)C(c2ccccc2)c2ccc(OC)c(OC)c2)cc1OC. The van der Waals surface area contributed by atoms with E-state index in [9.17, 15) is 4.79 Å². The first-order valence-electron chi connectivity index (χ1n) is 9.16. The summed E-state index contributed by atoms with van der Waals surface area (Å²) in [4.78, 5) is 13.6. The summed E-state index contributed by atoms with van der Waals surface area (Å²) in [6.07, 6.45) is 0. The number of ether oxygens (including phenoxy) is 4. The maximum absolute atomic E-state index is 13.6. The summed E-state index contributed by atoms with van der Waals surface area (Å²) < 4.78 is 21.4. The highest BCUT2D eigenvalue weighted by Gasteiger charge is 2.26. The van der Waals surface area contributed by atoms with Crippen LogP contribution in [0.4, 0.5) is 0 Å². The van der Waals surface area contributed by atoms with E-state index in [0.717, 1.165) is 11.1 Å². The fourth-order valence-electron chi connectivity index (χ4n) is 3.33. The molecule has 5 heteroatoms. The van der Waals surface area contributed by atoms with Gasteiger partial charge in [-0.1, -0.05) is 36.4 Å². The highest BCUT2D eigenvalue weighted by atomic mass is 16.5. The summed E-state index contributed by atoms with van der Waals surface area (Å²) in [7, 11) is 6.28. The highest BCUT2D eigenvalue weighted by Crippen LogP contribution is 2.36. The smallest absolute Gasteiger partial charge is 0.174 e. The first kappa shape index (κ1) is 20.3. The third kappa shape index (κ3) is 4.19. The first-order valence-corrected chi connectivity index (χ1v) is 9.16. The third-order valence-corrected chi connectivity index (χ3v) is 4.80. The van der Waals surface area contributed by atoms with Crippen LogP contribution in [0.5, 0.6) is 23.0 Å². The summed E-state index contributed by atoms with van der Waals surface area (Å²) >= 11 is 0. The zero-order valence-electron chi connectivity index (χ0n) is 17.0. The standard InChI is InChI=1S/C24H24O5/c1-26-19-12-10-17(14-21(19)28-3)23(16-8-6-5-7-9-16)24(25)18-11-13-20(27-2)22(15-18)29-4/h5-15,23H,1-4H3. The lowest BCUT2D eigenvalue weighted by Crippen LogP contribution is -2.15. The molecule has 0 spiro atoms. The number of hydrogen-bond acceptors (Lipinski definition) is 5. The van der Waals surface area contributed by atoms with Crippen LogP contribution in [0.2, 0.25) is 0 Å². The van der Waals surface area contributed by atoms with Gasteiger partial charge < -0.3 is 18.9 Å². The molecule has 3 aromatic rings. The summed E-state index contributed by atoms with van der Waals surface area (Å²) in [5.74, 6) is 1.72. The zero-order chi connectivity index (χ0) is 20.8. The molecule has 1 unspecified atom stereocenters. The van der Waals surface area contributed by atoms with E-state index >= 15 is 0 Å². The van der Waals surface area contributed by atoms with Gasteiger partial charge in [0.15, 0.2) is 28.8 Å². The van der Waals surface area contributed by atoms with E-state index < -0.39 is 5.92 Å². The Labute approximate surface area is 170 Å². The molecule has 3 aromatic carbocycles. The van der Waals surface area contributed by atoms with Gasteiger partial charge in [-0.25, -0.2) is 0 Å². The minimum atomic E-state index is -0.505. The number of benzene rings is 3. The van der Waals surface area contributed by atoms with Crippen molar-refractivity contribution < 1.29 is 23.7 Å². The van der Waals surface area contributed by atoms with Gasteiger partial charge in [0.2, 0.25) is 0 Å². The Balaban J connectivity index is 2.11. The van der Waals surface area contributed by atoms with Gasteiger partial charge in [0.05, 0.1) is 34.4 Å². The van der Waals surface area contributed by atoms with E-state index in [1.54, 1.807) is 46.6 Å². The van der Waals surface area contributed by atoms with Gasteiger partial charge in [-0.2, -0.15) is 0 Å². The van der Waals surface area contributed by atoms with Crippen LogP contribution < -0.4 is 18.9 Å². The molecule has 0 fully saturated rings. The molecule has 0 heterocycles. The van der Waals surface area contributed by atoms with Crippen molar-refractivity contribution in [2.75, 3.05) is 28.4 Å². The molecule has 0 amide bonds. The highest BCUT2D eigenvalue weighted by molar-refractivity contribution is 6.03. The molecule has 0 aliphatic carbocycles. The van der Waals surface area contributed by atoms with Gasteiger partial charge in [0, 0.05) is 5.56 Å². The van der Waals surface area contributed by atoms with Gasteiger partial charge >= 0.3 is 0 Å². The number of carbonyl (C=O) groups excluding carboxylic acids is 1. The lowest BCUT2D eigenvalue weighted by atomic mass is 9.84. The number of ketones is 1. The Hall–Kier alpha value is -3.47. The second-order valence-corrected chi connectivity index (χ2v) is 6.39. The van der Waals surface area contributed by atoms with E-state index in [0.29, 0.717) is 28.6 Å². The van der Waals surface area contributed by atoms with Crippen LogP contribution in [0, 0.1) is 0 Å². The zero-order valence-corrected chi connectivity index (χ0v) is 17.0. The van der Waals surface area contributed by atoms with Crippen molar-refractivity contribution in [1.82, 2.24) is 0 Å². The molecule has 5 nitrogen and oxygen atoms in total. The monoisotopic (exact) mass is 392 g/mol. The third-order valence-electron chi connectivity index (χ3n) is 4.80. The van der Waals surface area contributed by atoms with Gasteiger partial charge in [0.1, 0.15) is 0 Å². The molecule has 150 valence electrons. The van der Waals surface area contributed by atoms with Crippen LogP contribution in [0.3, 0.4) is 0 Å². The lowest BCUT2D eigenvalue weighted by Gasteiger charge is -2.19. The number of methoxy groups -OCH3 is 4. The predicted octanol–water partition coefficient (Wildman–Crippen LogP) is 4.74.